The fourth-order valence-corrected chi connectivity index (χ4v) is 1.42. The Labute approximate surface area is 111 Å². The van der Waals surface area contributed by atoms with Gasteiger partial charge in [0.05, 0.1) is 18.4 Å². The number of hydrogen-bond donors (Lipinski definition) is 1. The van der Waals surface area contributed by atoms with Gasteiger partial charge in [-0.15, -0.1) is 0 Å². The van der Waals surface area contributed by atoms with Gasteiger partial charge in [0.15, 0.2) is 5.82 Å². The maximum Gasteiger partial charge on any atom is 0.296 e. The number of aromatic nitrogens is 3. The highest BCUT2D eigenvalue weighted by Gasteiger charge is 2.29. The van der Waals surface area contributed by atoms with E-state index >= 15 is 0 Å². The first-order chi connectivity index (χ1) is 8.88. The van der Waals surface area contributed by atoms with Crippen LogP contribution in [0.5, 0.6) is 0 Å². The van der Waals surface area contributed by atoms with Crippen molar-refractivity contribution >= 4 is 0 Å². The van der Waals surface area contributed by atoms with Crippen LogP contribution < -0.4 is 5.73 Å². The normalized spacial score (nSPS) is 14.8. The predicted molar refractivity (Wildman–Crippen MR) is 67.2 cm³/mol. The second-order valence-electron chi connectivity index (χ2n) is 5.03. The number of rotatable bonds is 5. The van der Waals surface area contributed by atoms with Crippen molar-refractivity contribution in [3.8, 4) is 11.7 Å². The average Bonchev–Trinajstić information content (AvgIpc) is 2.94. The smallest absolute Gasteiger partial charge is 0.296 e. The molecule has 0 spiro atoms. The third kappa shape index (κ3) is 3.18. The molecule has 2 aromatic rings. The summed E-state index contributed by atoms with van der Waals surface area (Å²) in [5.74, 6) is 1.06. The summed E-state index contributed by atoms with van der Waals surface area (Å²) < 4.78 is 15.7. The van der Waals surface area contributed by atoms with Gasteiger partial charge in [-0.3, -0.25) is 0 Å². The molecule has 2 heterocycles. The molecule has 2 aromatic heterocycles. The fraction of sp³-hybridized carbons (Fsp3) is 0.583. The standard InChI is InChI=1S/C12H18N4O3/c1-7(2)17-6-12(4,13)11-14-10(19-16-11)9-5-8(3)15-18-9/h5,7H,6,13H2,1-4H3. The van der Waals surface area contributed by atoms with E-state index in [1.54, 1.807) is 13.0 Å². The molecule has 0 aromatic carbocycles. The van der Waals surface area contributed by atoms with Gasteiger partial charge in [0.25, 0.3) is 5.89 Å². The Hall–Kier alpha value is -1.73. The van der Waals surface area contributed by atoms with Crippen molar-refractivity contribution in [3.63, 3.8) is 0 Å². The van der Waals surface area contributed by atoms with E-state index in [0.29, 0.717) is 18.2 Å². The topological polar surface area (TPSA) is 100 Å². The Morgan fingerprint density at radius 3 is 2.68 bits per heavy atom. The summed E-state index contributed by atoms with van der Waals surface area (Å²) in [7, 11) is 0. The number of nitrogens with two attached hydrogens (primary N) is 1. The molecule has 0 amide bonds. The lowest BCUT2D eigenvalue weighted by Crippen LogP contribution is -2.40. The van der Waals surface area contributed by atoms with Crippen molar-refractivity contribution in [2.24, 2.45) is 5.73 Å². The van der Waals surface area contributed by atoms with Crippen LogP contribution in [0.2, 0.25) is 0 Å². The molecule has 7 nitrogen and oxygen atoms in total. The van der Waals surface area contributed by atoms with Gasteiger partial charge < -0.3 is 19.5 Å². The van der Waals surface area contributed by atoms with Crippen LogP contribution in [0.3, 0.4) is 0 Å². The van der Waals surface area contributed by atoms with Crippen LogP contribution in [-0.4, -0.2) is 28.0 Å². The first kappa shape index (κ1) is 13.7. The molecular weight excluding hydrogens is 248 g/mol. The zero-order valence-corrected chi connectivity index (χ0v) is 11.5. The summed E-state index contributed by atoms with van der Waals surface area (Å²) in [5, 5.41) is 7.64. The quantitative estimate of drug-likeness (QED) is 0.877. The van der Waals surface area contributed by atoms with E-state index in [2.05, 4.69) is 15.3 Å². The lowest BCUT2D eigenvalue weighted by atomic mass is 10.1. The van der Waals surface area contributed by atoms with Gasteiger partial charge in [0.2, 0.25) is 5.76 Å². The summed E-state index contributed by atoms with van der Waals surface area (Å²) in [4.78, 5) is 4.23. The van der Waals surface area contributed by atoms with Crippen LogP contribution in [-0.2, 0) is 10.3 Å². The van der Waals surface area contributed by atoms with Gasteiger partial charge in [-0.2, -0.15) is 4.98 Å². The van der Waals surface area contributed by atoms with Gasteiger partial charge in [-0.05, 0) is 27.7 Å². The molecular formula is C12H18N4O3. The number of ether oxygens (including phenoxy) is 1. The van der Waals surface area contributed by atoms with E-state index in [4.69, 9.17) is 19.5 Å². The number of nitrogens with zero attached hydrogens (tertiary/aromatic N) is 3. The zero-order valence-electron chi connectivity index (χ0n) is 11.5. The first-order valence-electron chi connectivity index (χ1n) is 6.07. The van der Waals surface area contributed by atoms with Gasteiger partial charge >= 0.3 is 0 Å². The van der Waals surface area contributed by atoms with E-state index < -0.39 is 5.54 Å². The van der Waals surface area contributed by atoms with E-state index in [1.165, 1.54) is 0 Å². The van der Waals surface area contributed by atoms with Crippen LogP contribution in [0, 0.1) is 6.92 Å². The molecule has 1 atom stereocenters. The molecule has 0 fully saturated rings. The van der Waals surface area contributed by atoms with E-state index in [1.807, 2.05) is 20.8 Å². The fourth-order valence-electron chi connectivity index (χ4n) is 1.42. The summed E-state index contributed by atoms with van der Waals surface area (Å²) in [6, 6.07) is 1.72. The largest absolute Gasteiger partial charge is 0.376 e. The van der Waals surface area contributed by atoms with Crippen molar-refractivity contribution in [2.45, 2.75) is 39.3 Å². The second-order valence-corrected chi connectivity index (χ2v) is 5.03. The molecule has 19 heavy (non-hydrogen) atoms. The summed E-state index contributed by atoms with van der Waals surface area (Å²) >= 11 is 0. The average molecular weight is 266 g/mol. The highest BCUT2D eigenvalue weighted by Crippen LogP contribution is 2.22. The minimum absolute atomic E-state index is 0.0890. The van der Waals surface area contributed by atoms with Gasteiger partial charge in [0, 0.05) is 6.07 Å². The Balaban J connectivity index is 2.16. The Bertz CT molecular complexity index is 545. The maximum atomic E-state index is 6.13. The van der Waals surface area contributed by atoms with Gasteiger partial charge in [0.1, 0.15) is 5.54 Å². The van der Waals surface area contributed by atoms with Crippen LogP contribution in [0.1, 0.15) is 32.3 Å². The highest BCUT2D eigenvalue weighted by atomic mass is 16.5. The molecule has 7 heteroatoms. The third-order valence-corrected chi connectivity index (χ3v) is 2.49. The molecule has 0 aliphatic carbocycles. The molecule has 1 unspecified atom stereocenters. The highest BCUT2D eigenvalue weighted by molar-refractivity contribution is 5.43. The van der Waals surface area contributed by atoms with Crippen molar-refractivity contribution in [1.82, 2.24) is 15.3 Å². The summed E-state index contributed by atoms with van der Waals surface area (Å²) in [6.45, 7) is 7.78. The Kier molecular flexibility index (Phi) is 3.68. The van der Waals surface area contributed by atoms with Crippen LogP contribution in [0.25, 0.3) is 11.7 Å². The second kappa shape index (κ2) is 5.10. The molecule has 0 bridgehead atoms. The first-order valence-corrected chi connectivity index (χ1v) is 6.07. The Morgan fingerprint density at radius 1 is 1.37 bits per heavy atom. The van der Waals surface area contributed by atoms with E-state index in [9.17, 15) is 0 Å². The maximum absolute atomic E-state index is 6.13. The molecule has 0 radical (unpaired) electrons. The molecule has 0 saturated carbocycles. The van der Waals surface area contributed by atoms with Crippen molar-refractivity contribution in [1.29, 1.82) is 0 Å². The monoisotopic (exact) mass is 266 g/mol. The van der Waals surface area contributed by atoms with Gasteiger partial charge in [-0.1, -0.05) is 10.3 Å². The zero-order chi connectivity index (χ0) is 14.0. The lowest BCUT2D eigenvalue weighted by Gasteiger charge is -2.21. The van der Waals surface area contributed by atoms with Crippen molar-refractivity contribution in [3.05, 3.63) is 17.6 Å². The minimum Gasteiger partial charge on any atom is -0.376 e. The van der Waals surface area contributed by atoms with Crippen LogP contribution in [0.4, 0.5) is 0 Å². The molecule has 104 valence electrons. The molecule has 0 aliphatic heterocycles. The van der Waals surface area contributed by atoms with Crippen molar-refractivity contribution in [2.75, 3.05) is 6.61 Å². The lowest BCUT2D eigenvalue weighted by molar-refractivity contribution is 0.0410. The van der Waals surface area contributed by atoms with E-state index in [-0.39, 0.29) is 12.0 Å². The number of hydrogen-bond acceptors (Lipinski definition) is 7. The van der Waals surface area contributed by atoms with Crippen LogP contribution in [0.15, 0.2) is 15.1 Å². The van der Waals surface area contributed by atoms with Crippen LogP contribution >= 0.6 is 0 Å². The molecule has 2 N–H and O–H groups in total. The van der Waals surface area contributed by atoms with Gasteiger partial charge in [-0.25, -0.2) is 0 Å². The number of aryl methyl sites for hydroxylation is 1. The minimum atomic E-state index is -0.818. The SMILES string of the molecule is Cc1cc(-c2nc(C(C)(N)COC(C)C)no2)on1. The summed E-state index contributed by atoms with van der Waals surface area (Å²) in [6.07, 6.45) is 0.0890. The Morgan fingerprint density at radius 2 is 2.11 bits per heavy atom. The third-order valence-electron chi connectivity index (χ3n) is 2.49. The van der Waals surface area contributed by atoms with Crippen molar-refractivity contribution < 1.29 is 13.8 Å². The molecule has 2 rings (SSSR count). The van der Waals surface area contributed by atoms with E-state index in [0.717, 1.165) is 5.69 Å². The molecule has 0 saturated heterocycles. The predicted octanol–water partition coefficient (Wildman–Crippen LogP) is 1.63. The summed E-state index contributed by atoms with van der Waals surface area (Å²) in [5.41, 5.74) is 6.05. The molecule has 0 aliphatic rings.